The highest BCUT2D eigenvalue weighted by molar-refractivity contribution is 6.60. The van der Waals surface area contributed by atoms with Crippen LogP contribution in [0.3, 0.4) is 0 Å². The molecule has 0 aromatic carbocycles. The molecule has 0 fully saturated rings. The van der Waals surface area contributed by atoms with Gasteiger partial charge < -0.3 is 23.3 Å². The predicted molar refractivity (Wildman–Crippen MR) is 74.8 cm³/mol. The molecule has 0 aliphatic heterocycles. The number of methoxy groups -OCH3 is 1. The SMILES string of the molecule is CCO[Si](CCCNCCOC)(OCC)OCC. The van der Waals surface area contributed by atoms with Crippen LogP contribution in [0.15, 0.2) is 0 Å². The van der Waals surface area contributed by atoms with Crippen LogP contribution in [0.25, 0.3) is 0 Å². The molecule has 0 saturated carbocycles. The summed E-state index contributed by atoms with van der Waals surface area (Å²) in [6.07, 6.45) is 0.996. The maximum absolute atomic E-state index is 5.78. The lowest BCUT2D eigenvalue weighted by Crippen LogP contribution is -2.46. The van der Waals surface area contributed by atoms with Crippen molar-refractivity contribution >= 4 is 8.80 Å². The minimum absolute atomic E-state index is 0.642. The summed E-state index contributed by atoms with van der Waals surface area (Å²) in [6, 6.07) is 0.864. The Labute approximate surface area is 113 Å². The lowest BCUT2D eigenvalue weighted by molar-refractivity contribution is 0.0708. The minimum Gasteiger partial charge on any atom is -0.383 e. The normalized spacial score (nSPS) is 12.0. The molecule has 0 radical (unpaired) electrons. The molecule has 110 valence electrons. The summed E-state index contributed by atoms with van der Waals surface area (Å²) >= 11 is 0. The highest BCUT2D eigenvalue weighted by Crippen LogP contribution is 2.17. The molecule has 0 aliphatic carbocycles. The van der Waals surface area contributed by atoms with Gasteiger partial charge in [0.1, 0.15) is 0 Å². The van der Waals surface area contributed by atoms with Crippen molar-refractivity contribution in [3.8, 4) is 0 Å². The molecular weight excluding hydrogens is 250 g/mol. The van der Waals surface area contributed by atoms with Gasteiger partial charge in [0.25, 0.3) is 0 Å². The van der Waals surface area contributed by atoms with Crippen molar-refractivity contribution < 1.29 is 18.0 Å². The molecule has 0 atom stereocenters. The Morgan fingerprint density at radius 1 is 0.889 bits per heavy atom. The molecule has 0 saturated heterocycles. The second-order valence-corrected chi connectivity index (χ2v) is 6.56. The van der Waals surface area contributed by atoms with Gasteiger partial charge in [0, 0.05) is 39.5 Å². The first-order chi connectivity index (χ1) is 8.74. The van der Waals surface area contributed by atoms with Gasteiger partial charge in [0.2, 0.25) is 0 Å². The quantitative estimate of drug-likeness (QED) is 0.410. The maximum atomic E-state index is 5.78. The first-order valence-corrected chi connectivity index (χ1v) is 8.79. The van der Waals surface area contributed by atoms with Gasteiger partial charge in [-0.25, -0.2) is 0 Å². The zero-order valence-corrected chi connectivity index (χ0v) is 13.3. The molecule has 5 nitrogen and oxygen atoms in total. The number of hydrogen-bond acceptors (Lipinski definition) is 5. The fourth-order valence-corrected chi connectivity index (χ4v) is 4.34. The molecule has 6 heteroatoms. The molecule has 1 N–H and O–H groups in total. The molecule has 0 unspecified atom stereocenters. The number of nitrogens with one attached hydrogen (secondary N) is 1. The van der Waals surface area contributed by atoms with Gasteiger partial charge in [-0.15, -0.1) is 0 Å². The molecule has 0 spiro atoms. The second kappa shape index (κ2) is 12.1. The van der Waals surface area contributed by atoms with Crippen LogP contribution in [0.2, 0.25) is 6.04 Å². The molecule has 0 aliphatic rings. The van der Waals surface area contributed by atoms with Crippen molar-refractivity contribution in [3.63, 3.8) is 0 Å². The second-order valence-electron chi connectivity index (χ2n) is 3.83. The largest absolute Gasteiger partial charge is 0.500 e. The van der Waals surface area contributed by atoms with E-state index in [2.05, 4.69) is 5.32 Å². The number of ether oxygens (including phenoxy) is 1. The van der Waals surface area contributed by atoms with E-state index < -0.39 is 8.80 Å². The van der Waals surface area contributed by atoms with Gasteiger partial charge in [-0.3, -0.25) is 0 Å². The highest BCUT2D eigenvalue weighted by Gasteiger charge is 2.39. The summed E-state index contributed by atoms with van der Waals surface area (Å²) in [5.74, 6) is 0. The van der Waals surface area contributed by atoms with Gasteiger partial charge in [-0.1, -0.05) is 0 Å². The fourth-order valence-electron chi connectivity index (χ4n) is 1.73. The lowest BCUT2D eigenvalue weighted by atomic mass is 10.5. The van der Waals surface area contributed by atoms with Crippen LogP contribution in [-0.4, -0.2) is 55.4 Å². The topological polar surface area (TPSA) is 49.0 Å². The van der Waals surface area contributed by atoms with E-state index in [0.717, 1.165) is 32.2 Å². The van der Waals surface area contributed by atoms with Gasteiger partial charge in [0.15, 0.2) is 0 Å². The van der Waals surface area contributed by atoms with Gasteiger partial charge in [-0.2, -0.15) is 0 Å². The van der Waals surface area contributed by atoms with Crippen LogP contribution < -0.4 is 5.32 Å². The molecule has 0 aromatic rings. The van der Waals surface area contributed by atoms with E-state index >= 15 is 0 Å². The lowest BCUT2D eigenvalue weighted by Gasteiger charge is -2.28. The van der Waals surface area contributed by atoms with E-state index in [0.29, 0.717) is 19.8 Å². The summed E-state index contributed by atoms with van der Waals surface area (Å²) in [7, 11) is -0.728. The average Bonchev–Trinajstić information content (AvgIpc) is 2.35. The first kappa shape index (κ1) is 18.0. The van der Waals surface area contributed by atoms with Crippen LogP contribution in [0.1, 0.15) is 27.2 Å². The smallest absolute Gasteiger partial charge is 0.383 e. The van der Waals surface area contributed by atoms with E-state index in [9.17, 15) is 0 Å². The number of rotatable bonds is 13. The van der Waals surface area contributed by atoms with Crippen molar-refractivity contribution in [3.05, 3.63) is 0 Å². The molecular formula is C12H29NO4Si. The Bertz CT molecular complexity index is 166. The Kier molecular flexibility index (Phi) is 12.1. The zero-order chi connectivity index (χ0) is 13.7. The maximum Gasteiger partial charge on any atom is 0.500 e. The van der Waals surface area contributed by atoms with Gasteiger partial charge in [-0.05, 0) is 33.7 Å². The van der Waals surface area contributed by atoms with Crippen LogP contribution in [0.4, 0.5) is 0 Å². The van der Waals surface area contributed by atoms with Crippen molar-refractivity contribution in [1.29, 1.82) is 0 Å². The molecule has 18 heavy (non-hydrogen) atoms. The predicted octanol–water partition coefficient (Wildman–Crippen LogP) is 1.66. The van der Waals surface area contributed by atoms with Gasteiger partial charge >= 0.3 is 8.80 Å². The first-order valence-electron chi connectivity index (χ1n) is 6.86. The Balaban J connectivity index is 3.97. The Hall–Kier alpha value is 0.0169. The van der Waals surface area contributed by atoms with Crippen molar-refractivity contribution in [2.45, 2.75) is 33.2 Å². The third-order valence-electron chi connectivity index (χ3n) is 2.41. The summed E-state index contributed by atoms with van der Waals surface area (Å²) in [5, 5.41) is 3.32. The van der Waals surface area contributed by atoms with Crippen LogP contribution in [-0.2, 0) is 18.0 Å². The Morgan fingerprint density at radius 2 is 1.44 bits per heavy atom. The molecule has 0 aromatic heterocycles. The third-order valence-corrected chi connectivity index (χ3v) is 5.56. The third kappa shape index (κ3) is 8.18. The number of hydrogen-bond donors (Lipinski definition) is 1. The van der Waals surface area contributed by atoms with Crippen LogP contribution in [0.5, 0.6) is 0 Å². The van der Waals surface area contributed by atoms with E-state index in [1.54, 1.807) is 7.11 Å². The van der Waals surface area contributed by atoms with E-state index in [-0.39, 0.29) is 0 Å². The summed E-state index contributed by atoms with van der Waals surface area (Å²) in [4.78, 5) is 0. The highest BCUT2D eigenvalue weighted by atomic mass is 28.4. The molecule has 0 bridgehead atoms. The van der Waals surface area contributed by atoms with E-state index in [1.165, 1.54) is 0 Å². The van der Waals surface area contributed by atoms with Crippen LogP contribution in [0, 0.1) is 0 Å². The molecule has 0 amide bonds. The van der Waals surface area contributed by atoms with Crippen molar-refractivity contribution in [1.82, 2.24) is 5.32 Å². The molecule has 0 heterocycles. The van der Waals surface area contributed by atoms with Gasteiger partial charge in [0.05, 0.1) is 6.61 Å². The van der Waals surface area contributed by atoms with Crippen LogP contribution >= 0.6 is 0 Å². The summed E-state index contributed by atoms with van der Waals surface area (Å²) in [6.45, 7) is 10.4. The Morgan fingerprint density at radius 3 is 1.89 bits per heavy atom. The monoisotopic (exact) mass is 279 g/mol. The molecule has 0 rings (SSSR count). The van der Waals surface area contributed by atoms with E-state index in [4.69, 9.17) is 18.0 Å². The van der Waals surface area contributed by atoms with Crippen molar-refractivity contribution in [2.75, 3.05) is 46.6 Å². The van der Waals surface area contributed by atoms with Crippen molar-refractivity contribution in [2.24, 2.45) is 0 Å². The summed E-state index contributed by atoms with van der Waals surface area (Å²) < 4.78 is 22.3. The fraction of sp³-hybridized carbons (Fsp3) is 1.00. The average molecular weight is 279 g/mol. The minimum atomic E-state index is -2.44. The standard InChI is InChI=1S/C12H29NO4Si/c1-5-15-18(16-6-2,17-7-3)12-8-9-13-10-11-14-4/h13H,5-12H2,1-4H3. The summed E-state index contributed by atoms with van der Waals surface area (Å²) in [5.41, 5.74) is 0. The van der Waals surface area contributed by atoms with E-state index in [1.807, 2.05) is 20.8 Å². The zero-order valence-electron chi connectivity index (χ0n) is 12.3.